The van der Waals surface area contributed by atoms with Gasteiger partial charge in [-0.15, -0.1) is 0 Å². The van der Waals surface area contributed by atoms with Crippen LogP contribution in [-0.2, 0) is 16.0 Å². The topological polar surface area (TPSA) is 56.6 Å². The average Bonchev–Trinajstić information content (AvgIpc) is 2.95. The molecule has 0 bridgehead atoms. The van der Waals surface area contributed by atoms with Crippen LogP contribution < -0.4 is 10.5 Å². The summed E-state index contributed by atoms with van der Waals surface area (Å²) in [4.78, 5) is 14.2. The van der Waals surface area contributed by atoms with E-state index in [1.54, 1.807) is 12.3 Å². The van der Waals surface area contributed by atoms with Gasteiger partial charge in [-0.05, 0) is 12.8 Å². The summed E-state index contributed by atoms with van der Waals surface area (Å²) in [6.45, 7) is 4.40. The van der Waals surface area contributed by atoms with Crippen LogP contribution >= 0.6 is 0 Å². The molecule has 0 spiro atoms. The smallest absolute Gasteiger partial charge is 0.268 e. The van der Waals surface area contributed by atoms with Crippen LogP contribution in [0.4, 0.5) is 5.69 Å². The van der Waals surface area contributed by atoms with E-state index in [9.17, 15) is 4.79 Å². The van der Waals surface area contributed by atoms with Gasteiger partial charge in [0.1, 0.15) is 0 Å². The van der Waals surface area contributed by atoms with Crippen LogP contribution in [0.25, 0.3) is 0 Å². The molecule has 2 aliphatic heterocycles. The molecule has 2 saturated heterocycles. The average molecular weight is 265 g/mol. The maximum atomic E-state index is 12.1. The van der Waals surface area contributed by atoms with Crippen LogP contribution in [0.1, 0.15) is 12.8 Å². The summed E-state index contributed by atoms with van der Waals surface area (Å²) in [5.74, 6) is 0. The SMILES string of the molecule is O=c1cc(N2CCOCC2)cnn1CC1CCCO1. The first kappa shape index (κ1) is 12.6. The highest BCUT2D eigenvalue weighted by molar-refractivity contribution is 5.43. The van der Waals surface area contributed by atoms with Crippen molar-refractivity contribution in [1.29, 1.82) is 0 Å². The molecule has 2 fully saturated rings. The van der Waals surface area contributed by atoms with E-state index in [1.807, 2.05) is 0 Å². The van der Waals surface area contributed by atoms with E-state index in [0.29, 0.717) is 19.8 Å². The molecule has 0 saturated carbocycles. The molecule has 1 unspecified atom stereocenters. The number of nitrogens with zero attached hydrogens (tertiary/aromatic N) is 3. The van der Waals surface area contributed by atoms with Crippen molar-refractivity contribution in [1.82, 2.24) is 9.78 Å². The molecule has 0 aliphatic carbocycles. The molecule has 104 valence electrons. The Hall–Kier alpha value is -1.40. The zero-order chi connectivity index (χ0) is 13.1. The zero-order valence-corrected chi connectivity index (χ0v) is 11.0. The van der Waals surface area contributed by atoms with Gasteiger partial charge in [0, 0.05) is 25.8 Å². The van der Waals surface area contributed by atoms with Gasteiger partial charge in [0.2, 0.25) is 0 Å². The number of ether oxygens (including phenoxy) is 2. The number of hydrogen-bond donors (Lipinski definition) is 0. The van der Waals surface area contributed by atoms with Crippen LogP contribution in [-0.4, -0.2) is 48.8 Å². The van der Waals surface area contributed by atoms with E-state index in [1.165, 1.54) is 4.68 Å². The highest BCUT2D eigenvalue weighted by atomic mass is 16.5. The third kappa shape index (κ3) is 2.96. The van der Waals surface area contributed by atoms with Gasteiger partial charge < -0.3 is 14.4 Å². The molecule has 0 amide bonds. The minimum atomic E-state index is -0.0560. The molecule has 0 aromatic carbocycles. The molecule has 3 rings (SSSR count). The molecule has 6 heteroatoms. The maximum Gasteiger partial charge on any atom is 0.268 e. The lowest BCUT2D eigenvalue weighted by Crippen LogP contribution is -2.37. The quantitative estimate of drug-likeness (QED) is 0.784. The van der Waals surface area contributed by atoms with Gasteiger partial charge in [-0.2, -0.15) is 5.10 Å². The first-order chi connectivity index (χ1) is 9.33. The monoisotopic (exact) mass is 265 g/mol. The molecule has 3 heterocycles. The number of anilines is 1. The number of aromatic nitrogens is 2. The summed E-state index contributed by atoms with van der Waals surface area (Å²) in [6, 6.07) is 1.66. The summed E-state index contributed by atoms with van der Waals surface area (Å²) in [6.07, 6.45) is 3.99. The summed E-state index contributed by atoms with van der Waals surface area (Å²) >= 11 is 0. The third-order valence-electron chi connectivity index (χ3n) is 3.63. The highest BCUT2D eigenvalue weighted by Crippen LogP contribution is 2.14. The van der Waals surface area contributed by atoms with E-state index in [-0.39, 0.29) is 11.7 Å². The van der Waals surface area contributed by atoms with Crippen LogP contribution in [0, 0.1) is 0 Å². The van der Waals surface area contributed by atoms with Gasteiger partial charge in [-0.25, -0.2) is 4.68 Å². The predicted octanol–water partition coefficient (Wildman–Crippen LogP) is 0.259. The molecule has 1 atom stereocenters. The van der Waals surface area contributed by atoms with Crippen molar-refractivity contribution in [3.63, 3.8) is 0 Å². The van der Waals surface area contributed by atoms with Gasteiger partial charge in [0.15, 0.2) is 0 Å². The Labute approximate surface area is 111 Å². The molecule has 1 aromatic rings. The Morgan fingerprint density at radius 2 is 2.16 bits per heavy atom. The van der Waals surface area contributed by atoms with E-state index in [0.717, 1.165) is 38.2 Å². The minimum absolute atomic E-state index is 0.0560. The van der Waals surface area contributed by atoms with Crippen molar-refractivity contribution in [2.45, 2.75) is 25.5 Å². The van der Waals surface area contributed by atoms with E-state index < -0.39 is 0 Å². The summed E-state index contributed by atoms with van der Waals surface area (Å²) in [5.41, 5.74) is 0.830. The molecule has 2 aliphatic rings. The number of hydrogen-bond acceptors (Lipinski definition) is 5. The van der Waals surface area contributed by atoms with Gasteiger partial charge in [0.25, 0.3) is 5.56 Å². The summed E-state index contributed by atoms with van der Waals surface area (Å²) in [5, 5.41) is 4.26. The third-order valence-corrected chi connectivity index (χ3v) is 3.63. The fourth-order valence-electron chi connectivity index (χ4n) is 2.54. The molecule has 0 radical (unpaired) electrons. The second-order valence-electron chi connectivity index (χ2n) is 4.97. The van der Waals surface area contributed by atoms with Crippen molar-refractivity contribution >= 4 is 5.69 Å². The number of rotatable bonds is 3. The van der Waals surface area contributed by atoms with Crippen molar-refractivity contribution < 1.29 is 9.47 Å². The largest absolute Gasteiger partial charge is 0.378 e. The van der Waals surface area contributed by atoms with E-state index >= 15 is 0 Å². The Morgan fingerprint density at radius 1 is 1.32 bits per heavy atom. The van der Waals surface area contributed by atoms with Crippen LogP contribution in [0.3, 0.4) is 0 Å². The zero-order valence-electron chi connectivity index (χ0n) is 11.0. The lowest BCUT2D eigenvalue weighted by molar-refractivity contribution is 0.0926. The van der Waals surface area contributed by atoms with E-state index in [4.69, 9.17) is 9.47 Å². The predicted molar refractivity (Wildman–Crippen MR) is 70.5 cm³/mol. The van der Waals surface area contributed by atoms with Crippen LogP contribution in [0.5, 0.6) is 0 Å². The fourth-order valence-corrected chi connectivity index (χ4v) is 2.54. The molecule has 1 aromatic heterocycles. The normalized spacial score (nSPS) is 23.8. The summed E-state index contributed by atoms with van der Waals surface area (Å²) < 4.78 is 12.3. The summed E-state index contributed by atoms with van der Waals surface area (Å²) in [7, 11) is 0. The number of morpholine rings is 1. The second-order valence-corrected chi connectivity index (χ2v) is 4.97. The second kappa shape index (κ2) is 5.71. The van der Waals surface area contributed by atoms with Crippen molar-refractivity contribution in [3.05, 3.63) is 22.6 Å². The van der Waals surface area contributed by atoms with Gasteiger partial charge in [-0.3, -0.25) is 4.79 Å². The molecule has 0 N–H and O–H groups in total. The Balaban J connectivity index is 1.71. The lowest BCUT2D eigenvalue weighted by Gasteiger charge is -2.28. The lowest BCUT2D eigenvalue weighted by atomic mass is 10.2. The molecular weight excluding hydrogens is 246 g/mol. The Kier molecular flexibility index (Phi) is 3.79. The Morgan fingerprint density at radius 3 is 2.84 bits per heavy atom. The fraction of sp³-hybridized carbons (Fsp3) is 0.692. The minimum Gasteiger partial charge on any atom is -0.378 e. The molecule has 19 heavy (non-hydrogen) atoms. The molecule has 6 nitrogen and oxygen atoms in total. The van der Waals surface area contributed by atoms with Crippen LogP contribution in [0.15, 0.2) is 17.1 Å². The van der Waals surface area contributed by atoms with Crippen molar-refractivity contribution in [3.8, 4) is 0 Å². The maximum absolute atomic E-state index is 12.1. The van der Waals surface area contributed by atoms with Crippen molar-refractivity contribution in [2.24, 2.45) is 0 Å². The first-order valence-corrected chi connectivity index (χ1v) is 6.84. The van der Waals surface area contributed by atoms with Gasteiger partial charge in [0.05, 0.1) is 37.7 Å². The molecular formula is C13H19N3O3. The van der Waals surface area contributed by atoms with E-state index in [2.05, 4.69) is 10.00 Å². The van der Waals surface area contributed by atoms with Crippen LogP contribution in [0.2, 0.25) is 0 Å². The van der Waals surface area contributed by atoms with Gasteiger partial charge >= 0.3 is 0 Å². The van der Waals surface area contributed by atoms with Gasteiger partial charge in [-0.1, -0.05) is 0 Å². The Bertz CT molecular complexity index is 476. The van der Waals surface area contributed by atoms with Crippen molar-refractivity contribution in [2.75, 3.05) is 37.8 Å². The first-order valence-electron chi connectivity index (χ1n) is 6.84. The standard InChI is InChI=1S/C13H19N3O3/c17-13-8-11(15-3-6-18-7-4-15)9-14-16(13)10-12-2-1-5-19-12/h8-9,12H,1-7,10H2. The highest BCUT2D eigenvalue weighted by Gasteiger charge is 2.18.